The molecule has 0 radical (unpaired) electrons. The van der Waals surface area contributed by atoms with E-state index in [2.05, 4.69) is 68.4 Å². The second-order valence-corrected chi connectivity index (χ2v) is 18.2. The van der Waals surface area contributed by atoms with Gasteiger partial charge in [0.05, 0.1) is 17.0 Å². The van der Waals surface area contributed by atoms with E-state index in [1.54, 1.807) is 42.5 Å². The fraction of sp³-hybridized carbons (Fsp3) is 0.298. The third-order valence-electron chi connectivity index (χ3n) is 13.2. The Morgan fingerprint density at radius 2 is 0.948 bits per heavy atom. The topological polar surface area (TPSA) is 192 Å². The maximum atomic E-state index is 14.9. The van der Waals surface area contributed by atoms with Gasteiger partial charge in [-0.25, -0.2) is 32.3 Å². The quantitative estimate of drug-likeness (QED) is 0.0394. The molecule has 1 aliphatic carbocycles. The number of carboxylic acid groups (broad SMARTS) is 1. The van der Waals surface area contributed by atoms with Gasteiger partial charge in [0.15, 0.2) is 11.3 Å². The molecule has 77 heavy (non-hydrogen) atoms. The first kappa shape index (κ1) is 54.9. The molecule has 16 nitrogen and oxygen atoms in total. The summed E-state index contributed by atoms with van der Waals surface area (Å²) in [5.74, 6) is -4.37. The largest absolute Gasteiger partial charge is 0.478 e. The van der Waals surface area contributed by atoms with Crippen molar-refractivity contribution in [3.8, 4) is 33.9 Å². The van der Waals surface area contributed by atoms with Crippen molar-refractivity contribution < 1.29 is 32.3 Å². The third kappa shape index (κ3) is 12.8. The van der Waals surface area contributed by atoms with Crippen molar-refractivity contribution in [1.82, 2.24) is 44.2 Å². The first-order valence-electron chi connectivity index (χ1n) is 25.7. The zero-order valence-electron chi connectivity index (χ0n) is 43.1. The standard InChI is InChI=1S/C30H32F2N6O2.C27H27F2N5O3/c1-3-37(4-2)18-6-17-33-30-35-26(19-9-11-20(12-10-19)29(40)34-21-13-14-21)22-15-16-25(39)38(28(22)36-30)27-23(31)7-5-8-24(27)32;1-3-33(4-2)16-6-15-30-27-31-23(17-9-11-18(12-10-17)26(36)37)19-13-14-22(35)34(25(19)32-27)24-20(28)7-5-8-21(24)29/h5,7-12,15-16,21H,3-4,6,13-14,17-18H2,1-2H3,(H,34,40)(H,33,35,36);5,7-14H,3-4,6,15-16H2,1-2H3,(H,36,37)(H,30,31,32). The number of hydrogen-bond acceptors (Lipinski definition) is 12. The Morgan fingerprint density at radius 1 is 0.558 bits per heavy atom. The van der Waals surface area contributed by atoms with Crippen molar-refractivity contribution in [1.29, 1.82) is 0 Å². The predicted molar refractivity (Wildman–Crippen MR) is 290 cm³/mol. The van der Waals surface area contributed by atoms with Gasteiger partial charge in [-0.05, 0) is 126 Å². The monoisotopic (exact) mass is 1050 g/mol. The number of fused-ring (bicyclic) bond motifs is 2. The van der Waals surface area contributed by atoms with E-state index in [1.807, 2.05) is 0 Å². The maximum Gasteiger partial charge on any atom is 0.335 e. The lowest BCUT2D eigenvalue weighted by Crippen LogP contribution is -2.25. The van der Waals surface area contributed by atoms with Crippen molar-refractivity contribution in [3.05, 3.63) is 164 Å². The van der Waals surface area contributed by atoms with Gasteiger partial charge in [-0.2, -0.15) is 9.97 Å². The summed E-state index contributed by atoms with van der Waals surface area (Å²) in [6.45, 7) is 15.0. The average Bonchev–Trinajstić information content (AvgIpc) is 4.29. The lowest BCUT2D eigenvalue weighted by molar-refractivity contribution is 0.0696. The first-order chi connectivity index (χ1) is 37.2. The van der Waals surface area contributed by atoms with Crippen LogP contribution in [0.1, 0.15) is 74.1 Å². The Morgan fingerprint density at radius 3 is 1.31 bits per heavy atom. The van der Waals surface area contributed by atoms with Crippen LogP contribution in [-0.4, -0.2) is 114 Å². The molecule has 9 rings (SSSR count). The number of halogens is 4. The molecule has 0 saturated heterocycles. The lowest BCUT2D eigenvalue weighted by Gasteiger charge is -2.18. The number of aromatic nitrogens is 6. The molecule has 1 saturated carbocycles. The zero-order chi connectivity index (χ0) is 54.8. The molecule has 1 amide bonds. The minimum absolute atomic E-state index is 0.0232. The molecule has 4 aromatic carbocycles. The van der Waals surface area contributed by atoms with Gasteiger partial charge < -0.3 is 30.9 Å². The number of amides is 1. The van der Waals surface area contributed by atoms with Crippen molar-refractivity contribution >= 4 is 45.8 Å². The van der Waals surface area contributed by atoms with E-state index in [0.29, 0.717) is 51.9 Å². The molecule has 1 fully saturated rings. The summed E-state index contributed by atoms with van der Waals surface area (Å²) in [7, 11) is 0. The molecule has 400 valence electrons. The molecule has 0 bridgehead atoms. The molecule has 0 atom stereocenters. The molecule has 1 aliphatic rings. The number of rotatable bonds is 21. The Balaban J connectivity index is 0.000000204. The third-order valence-corrected chi connectivity index (χ3v) is 13.2. The number of anilines is 2. The highest BCUT2D eigenvalue weighted by atomic mass is 19.1. The molecule has 4 N–H and O–H groups in total. The van der Waals surface area contributed by atoms with Gasteiger partial charge in [0, 0.05) is 58.7 Å². The summed E-state index contributed by atoms with van der Waals surface area (Å²) in [4.78, 5) is 72.7. The Hall–Kier alpha value is -8.36. The van der Waals surface area contributed by atoms with Gasteiger partial charge in [0.25, 0.3) is 17.0 Å². The zero-order valence-corrected chi connectivity index (χ0v) is 43.1. The van der Waals surface area contributed by atoms with Gasteiger partial charge in [0.1, 0.15) is 34.6 Å². The van der Waals surface area contributed by atoms with E-state index < -0.39 is 51.7 Å². The Labute approximate surface area is 441 Å². The van der Waals surface area contributed by atoms with Crippen LogP contribution in [0.2, 0.25) is 0 Å². The van der Waals surface area contributed by atoms with Crippen molar-refractivity contribution in [2.45, 2.75) is 59.4 Å². The van der Waals surface area contributed by atoms with E-state index >= 15 is 0 Å². The lowest BCUT2D eigenvalue weighted by atomic mass is 10.1. The van der Waals surface area contributed by atoms with E-state index in [4.69, 9.17) is 4.98 Å². The second kappa shape index (κ2) is 25.0. The maximum absolute atomic E-state index is 14.9. The van der Waals surface area contributed by atoms with E-state index in [0.717, 1.165) is 98.4 Å². The van der Waals surface area contributed by atoms with Gasteiger partial charge in [-0.1, -0.05) is 64.1 Å². The summed E-state index contributed by atoms with van der Waals surface area (Å²) < 4.78 is 61.1. The van der Waals surface area contributed by atoms with Crippen LogP contribution in [-0.2, 0) is 0 Å². The van der Waals surface area contributed by atoms with E-state index in [1.165, 1.54) is 42.5 Å². The molecule has 0 aliphatic heterocycles. The van der Waals surface area contributed by atoms with Crippen molar-refractivity contribution in [2.75, 3.05) is 63.0 Å². The van der Waals surface area contributed by atoms with Crippen LogP contribution >= 0.6 is 0 Å². The predicted octanol–water partition coefficient (Wildman–Crippen LogP) is 9.33. The molecular weight excluding hydrogens is 995 g/mol. The number of benzene rings is 4. The number of nitrogens with one attached hydrogen (secondary N) is 3. The smallest absolute Gasteiger partial charge is 0.335 e. The van der Waals surface area contributed by atoms with E-state index in [9.17, 15) is 41.8 Å². The Kier molecular flexibility index (Phi) is 17.8. The van der Waals surface area contributed by atoms with Crippen LogP contribution in [0.4, 0.5) is 29.5 Å². The average molecular weight is 1050 g/mol. The number of carboxylic acids is 1. The number of nitrogens with zero attached hydrogens (tertiary/aromatic N) is 8. The minimum Gasteiger partial charge on any atom is -0.478 e. The molecule has 20 heteroatoms. The number of carbonyl (C=O) groups is 2. The molecule has 0 spiro atoms. The van der Waals surface area contributed by atoms with Crippen LogP contribution in [0.5, 0.6) is 0 Å². The normalized spacial score (nSPS) is 12.2. The molecule has 4 heterocycles. The van der Waals surface area contributed by atoms with Crippen molar-refractivity contribution in [2.24, 2.45) is 0 Å². The number of carbonyl (C=O) groups excluding carboxylic acids is 1. The number of pyridine rings is 2. The fourth-order valence-corrected chi connectivity index (χ4v) is 8.80. The molecule has 0 unspecified atom stereocenters. The summed E-state index contributed by atoms with van der Waals surface area (Å²) in [6.07, 6.45) is 3.61. The summed E-state index contributed by atoms with van der Waals surface area (Å²) in [5.41, 5.74) is 0.488. The Bertz CT molecular complexity index is 3490. The number of aromatic carboxylic acids is 1. The van der Waals surface area contributed by atoms with Gasteiger partial charge in [-0.3, -0.25) is 23.5 Å². The summed E-state index contributed by atoms with van der Waals surface area (Å²) in [5, 5.41) is 19.4. The van der Waals surface area contributed by atoms with Crippen LogP contribution in [0.15, 0.2) is 119 Å². The number of para-hydroxylation sites is 2. The second-order valence-electron chi connectivity index (χ2n) is 18.2. The van der Waals surface area contributed by atoms with Gasteiger partial charge >= 0.3 is 5.97 Å². The highest BCUT2D eigenvalue weighted by Gasteiger charge is 2.25. The van der Waals surface area contributed by atoms with Crippen LogP contribution in [0.25, 0.3) is 56.0 Å². The highest BCUT2D eigenvalue weighted by Crippen LogP contribution is 2.32. The highest BCUT2D eigenvalue weighted by molar-refractivity contribution is 5.97. The number of hydrogen-bond donors (Lipinski definition) is 4. The summed E-state index contributed by atoms with van der Waals surface area (Å²) in [6, 6.07) is 25.6. The molecule has 8 aromatic rings. The SMILES string of the molecule is CCN(CC)CCCNc1nc(-c2ccc(C(=O)NC3CC3)cc2)c2ccc(=O)n(-c3c(F)cccc3F)c2n1.CCN(CC)CCCNc1nc(-c2ccc(C(=O)O)cc2)c2ccc(=O)n(-c3c(F)cccc3F)c2n1. The van der Waals surface area contributed by atoms with Crippen molar-refractivity contribution in [3.63, 3.8) is 0 Å². The fourth-order valence-electron chi connectivity index (χ4n) is 8.80. The van der Waals surface area contributed by atoms with E-state index in [-0.39, 0.29) is 40.7 Å². The molecule has 4 aromatic heterocycles. The van der Waals surface area contributed by atoms with Crippen LogP contribution in [0, 0.1) is 23.3 Å². The first-order valence-corrected chi connectivity index (χ1v) is 25.7. The van der Waals surface area contributed by atoms with Gasteiger partial charge in [0.2, 0.25) is 11.9 Å². The summed E-state index contributed by atoms with van der Waals surface area (Å²) >= 11 is 0. The molecular formula is C57H59F4N11O5. The van der Waals surface area contributed by atoms with Crippen LogP contribution < -0.4 is 27.1 Å². The van der Waals surface area contributed by atoms with Crippen LogP contribution in [0.3, 0.4) is 0 Å². The minimum atomic E-state index is -1.07. The van der Waals surface area contributed by atoms with Gasteiger partial charge in [-0.15, -0.1) is 0 Å².